The summed E-state index contributed by atoms with van der Waals surface area (Å²) in [5, 5.41) is 10.3. The predicted molar refractivity (Wildman–Crippen MR) is 114 cm³/mol. The molecule has 1 aliphatic rings. The van der Waals surface area contributed by atoms with Gasteiger partial charge in [0.05, 0.1) is 21.8 Å². The molecule has 0 saturated carbocycles. The third-order valence-electron chi connectivity index (χ3n) is 4.89. The number of fused-ring (bicyclic) bond motifs is 1. The average molecular weight is 490 g/mol. The van der Waals surface area contributed by atoms with Crippen LogP contribution in [0.1, 0.15) is 34.6 Å². The van der Waals surface area contributed by atoms with Crippen LogP contribution in [0.25, 0.3) is 0 Å². The van der Waals surface area contributed by atoms with Gasteiger partial charge >= 0.3 is 6.18 Å². The maximum absolute atomic E-state index is 13.8. The third-order valence-corrected chi connectivity index (χ3v) is 5.97. The van der Waals surface area contributed by atoms with Gasteiger partial charge in [0.25, 0.3) is 5.91 Å². The minimum Gasteiger partial charge on any atom is -0.363 e. The van der Waals surface area contributed by atoms with Crippen molar-refractivity contribution in [2.24, 2.45) is 0 Å². The quantitative estimate of drug-likeness (QED) is 0.427. The van der Waals surface area contributed by atoms with Crippen LogP contribution >= 0.6 is 34.8 Å². The van der Waals surface area contributed by atoms with E-state index in [0.717, 1.165) is 4.68 Å². The number of halogens is 6. The molecule has 2 unspecified atom stereocenters. The molecule has 0 fully saturated rings. The van der Waals surface area contributed by atoms with Crippen molar-refractivity contribution in [2.45, 2.75) is 24.7 Å². The van der Waals surface area contributed by atoms with E-state index in [0.29, 0.717) is 10.6 Å². The topological polar surface area (TPSA) is 59.0 Å². The summed E-state index contributed by atoms with van der Waals surface area (Å²) in [6, 6.07) is 9.93. The average Bonchev–Trinajstić information content (AvgIpc) is 3.14. The van der Waals surface area contributed by atoms with E-state index in [1.54, 1.807) is 36.4 Å². The molecular weight excluding hydrogens is 476 g/mol. The van der Waals surface area contributed by atoms with Crippen LogP contribution in [-0.2, 0) is 0 Å². The predicted octanol–water partition coefficient (Wildman–Crippen LogP) is 6.76. The molecule has 5 nitrogen and oxygen atoms in total. The lowest BCUT2D eigenvalue weighted by Crippen LogP contribution is -2.35. The van der Waals surface area contributed by atoms with Crippen LogP contribution in [0.2, 0.25) is 15.1 Å². The molecule has 0 aliphatic carbocycles. The highest BCUT2D eigenvalue weighted by Crippen LogP contribution is 2.43. The second-order valence-corrected chi connectivity index (χ2v) is 8.18. The van der Waals surface area contributed by atoms with E-state index >= 15 is 0 Å². The lowest BCUT2D eigenvalue weighted by molar-refractivity contribution is -0.173. The van der Waals surface area contributed by atoms with Gasteiger partial charge < -0.3 is 10.6 Å². The van der Waals surface area contributed by atoms with E-state index in [1.165, 1.54) is 12.1 Å². The largest absolute Gasteiger partial charge is 0.410 e. The number of nitrogens with one attached hydrogen (secondary N) is 2. The Balaban J connectivity index is 1.65. The minimum atomic E-state index is -4.56. The van der Waals surface area contributed by atoms with E-state index in [9.17, 15) is 18.0 Å². The highest BCUT2D eigenvalue weighted by molar-refractivity contribution is 6.44. The third kappa shape index (κ3) is 4.46. The van der Waals surface area contributed by atoms with Gasteiger partial charge in [-0.1, -0.05) is 53.0 Å². The van der Waals surface area contributed by atoms with Gasteiger partial charge in [-0.15, -0.1) is 0 Å². The van der Waals surface area contributed by atoms with Crippen LogP contribution < -0.4 is 10.6 Å². The smallest absolute Gasteiger partial charge is 0.363 e. The summed E-state index contributed by atoms with van der Waals surface area (Å²) in [6.45, 7) is 0. The first-order valence-electron chi connectivity index (χ1n) is 9.07. The molecule has 31 heavy (non-hydrogen) atoms. The molecule has 2 atom stereocenters. The number of rotatable bonds is 3. The Morgan fingerprint density at radius 2 is 1.84 bits per heavy atom. The van der Waals surface area contributed by atoms with E-state index in [1.807, 2.05) is 0 Å². The minimum absolute atomic E-state index is 0.0795. The Morgan fingerprint density at radius 3 is 2.52 bits per heavy atom. The number of benzene rings is 2. The number of carbonyl (C=O) groups excluding carboxylic acids is 1. The summed E-state index contributed by atoms with van der Waals surface area (Å²) in [7, 11) is 0. The summed E-state index contributed by atoms with van der Waals surface area (Å²) in [5.41, 5.74) is 0.678. The molecule has 2 heterocycles. The number of aromatic nitrogens is 2. The van der Waals surface area contributed by atoms with Gasteiger partial charge in [0.15, 0.2) is 11.7 Å². The zero-order chi connectivity index (χ0) is 22.3. The Bertz CT molecular complexity index is 1130. The highest BCUT2D eigenvalue weighted by Gasteiger charge is 2.46. The van der Waals surface area contributed by atoms with Gasteiger partial charge in [0, 0.05) is 17.5 Å². The highest BCUT2D eigenvalue weighted by atomic mass is 35.5. The van der Waals surface area contributed by atoms with Crippen LogP contribution in [0.15, 0.2) is 48.5 Å². The van der Waals surface area contributed by atoms with Gasteiger partial charge in [-0.25, -0.2) is 4.68 Å². The van der Waals surface area contributed by atoms with E-state index in [2.05, 4.69) is 15.7 Å². The van der Waals surface area contributed by atoms with Crippen molar-refractivity contribution in [3.8, 4) is 0 Å². The van der Waals surface area contributed by atoms with Gasteiger partial charge in [0.2, 0.25) is 0 Å². The number of carbonyl (C=O) groups is 1. The molecule has 0 bridgehead atoms. The monoisotopic (exact) mass is 488 g/mol. The molecule has 4 rings (SSSR count). The lowest BCUT2D eigenvalue weighted by Gasteiger charge is -2.33. The van der Waals surface area contributed by atoms with Gasteiger partial charge in [-0.05, 0) is 29.8 Å². The standard InChI is InChI=1S/C20H14Cl3F3N4O/c21-11-6-4-10(5-7-11)14-8-16(20(24,25)26)30-17(27-14)9-15(29-30)19(31)28-13-3-1-2-12(22)18(13)23/h1-7,9,14,16,27H,8H2,(H,28,31). The first-order chi connectivity index (χ1) is 14.6. The maximum atomic E-state index is 13.8. The molecule has 3 aromatic rings. The normalized spacial score (nSPS) is 18.3. The fraction of sp³-hybridized carbons (Fsp3) is 0.200. The number of amides is 1. The van der Waals surface area contributed by atoms with Gasteiger partial charge in [-0.3, -0.25) is 4.79 Å². The molecule has 0 spiro atoms. The second-order valence-electron chi connectivity index (χ2n) is 6.96. The molecule has 162 valence electrons. The Hall–Kier alpha value is -2.42. The summed E-state index contributed by atoms with van der Waals surface area (Å²) >= 11 is 17.9. The number of nitrogens with zero attached hydrogens (tertiary/aromatic N) is 2. The molecular formula is C20H14Cl3F3N4O. The number of anilines is 2. The molecule has 0 saturated heterocycles. The molecule has 2 N–H and O–H groups in total. The molecule has 0 radical (unpaired) electrons. The molecule has 1 aliphatic heterocycles. The summed E-state index contributed by atoms with van der Waals surface area (Å²) in [5.74, 6) is -0.632. The summed E-state index contributed by atoms with van der Waals surface area (Å²) in [4.78, 5) is 12.6. The van der Waals surface area contributed by atoms with E-state index in [-0.39, 0.29) is 33.7 Å². The number of alkyl halides is 3. The fourth-order valence-electron chi connectivity index (χ4n) is 3.38. The van der Waals surface area contributed by atoms with Crippen LogP contribution in [0.4, 0.5) is 24.7 Å². The Kier molecular flexibility index (Phi) is 5.81. The maximum Gasteiger partial charge on any atom is 0.410 e. The number of hydrogen-bond acceptors (Lipinski definition) is 3. The van der Waals surface area contributed by atoms with Crippen LogP contribution in [0.5, 0.6) is 0 Å². The summed E-state index contributed by atoms with van der Waals surface area (Å²) in [6.07, 6.45) is -4.85. The van der Waals surface area contributed by atoms with E-state index in [4.69, 9.17) is 34.8 Å². The molecule has 1 amide bonds. The van der Waals surface area contributed by atoms with Gasteiger partial charge in [0.1, 0.15) is 5.82 Å². The van der Waals surface area contributed by atoms with Gasteiger partial charge in [-0.2, -0.15) is 18.3 Å². The Morgan fingerprint density at radius 1 is 1.13 bits per heavy atom. The second kappa shape index (κ2) is 8.26. The van der Waals surface area contributed by atoms with E-state index < -0.39 is 24.2 Å². The first-order valence-corrected chi connectivity index (χ1v) is 10.2. The van der Waals surface area contributed by atoms with Crippen molar-refractivity contribution >= 4 is 52.2 Å². The zero-order valence-electron chi connectivity index (χ0n) is 15.6. The SMILES string of the molecule is O=C(Nc1cccc(Cl)c1Cl)c1cc2n(n1)C(C(F)(F)F)CC(c1ccc(Cl)cc1)N2. The molecule has 11 heteroatoms. The van der Waals surface area contributed by atoms with Crippen molar-refractivity contribution in [1.82, 2.24) is 9.78 Å². The summed E-state index contributed by atoms with van der Waals surface area (Å²) < 4.78 is 42.1. The van der Waals surface area contributed by atoms with Crippen molar-refractivity contribution < 1.29 is 18.0 Å². The van der Waals surface area contributed by atoms with Crippen LogP contribution in [0.3, 0.4) is 0 Å². The van der Waals surface area contributed by atoms with Crippen molar-refractivity contribution in [1.29, 1.82) is 0 Å². The number of hydrogen-bond donors (Lipinski definition) is 2. The van der Waals surface area contributed by atoms with Crippen molar-refractivity contribution in [3.05, 3.63) is 74.9 Å². The molecule has 2 aromatic carbocycles. The van der Waals surface area contributed by atoms with Crippen LogP contribution in [-0.4, -0.2) is 21.9 Å². The van der Waals surface area contributed by atoms with Crippen LogP contribution in [0, 0.1) is 0 Å². The van der Waals surface area contributed by atoms with Crippen molar-refractivity contribution in [3.63, 3.8) is 0 Å². The zero-order valence-corrected chi connectivity index (χ0v) is 17.8. The van der Waals surface area contributed by atoms with Crippen molar-refractivity contribution in [2.75, 3.05) is 10.6 Å². The lowest BCUT2D eigenvalue weighted by atomic mass is 9.97. The Labute approximate surface area is 190 Å². The fourth-order valence-corrected chi connectivity index (χ4v) is 3.86. The molecule has 1 aromatic heterocycles. The first kappa shape index (κ1) is 21.8.